The molecule has 1 aromatic carbocycles. The molecular weight excluding hydrogens is 360 g/mol. The lowest BCUT2D eigenvalue weighted by Gasteiger charge is -2.06. The summed E-state index contributed by atoms with van der Waals surface area (Å²) in [7, 11) is 0. The summed E-state index contributed by atoms with van der Waals surface area (Å²) < 4.78 is 0. The van der Waals surface area contributed by atoms with E-state index in [0.717, 1.165) is 11.8 Å². The number of thioether (sulfide) groups is 1. The predicted octanol–water partition coefficient (Wildman–Crippen LogP) is -0.219. The van der Waals surface area contributed by atoms with Crippen molar-refractivity contribution in [2.75, 3.05) is 11.1 Å². The first-order valence-corrected chi connectivity index (χ1v) is 8.53. The highest BCUT2D eigenvalue weighted by Gasteiger charge is 2.09. The van der Waals surface area contributed by atoms with Crippen molar-refractivity contribution in [3.8, 4) is 0 Å². The van der Waals surface area contributed by atoms with Gasteiger partial charge in [0.25, 0.3) is 5.56 Å². The summed E-state index contributed by atoms with van der Waals surface area (Å²) in [6, 6.07) is 6.53. The Kier molecular flexibility index (Phi) is 6.61. The van der Waals surface area contributed by atoms with Gasteiger partial charge >= 0.3 is 0 Å². The number of aliphatic carboxylic acids is 1. The molecule has 0 saturated carbocycles. The number of benzene rings is 1. The van der Waals surface area contributed by atoms with Gasteiger partial charge in [-0.15, -0.1) is 10.2 Å². The summed E-state index contributed by atoms with van der Waals surface area (Å²) in [5.74, 6) is -1.77. The van der Waals surface area contributed by atoms with Gasteiger partial charge in [0.2, 0.25) is 5.91 Å². The number of carbonyl (C=O) groups is 3. The molecule has 0 unspecified atom stereocenters. The number of H-pyrrole nitrogens is 1. The van der Waals surface area contributed by atoms with Gasteiger partial charge < -0.3 is 15.2 Å². The van der Waals surface area contributed by atoms with E-state index < -0.39 is 11.5 Å². The Morgan fingerprint density at radius 2 is 2.04 bits per heavy atom. The smallest absolute Gasteiger partial charge is 0.273 e. The topological polar surface area (TPSA) is 145 Å². The van der Waals surface area contributed by atoms with Crippen LogP contribution in [0.3, 0.4) is 0 Å². The zero-order chi connectivity index (χ0) is 19.1. The summed E-state index contributed by atoms with van der Waals surface area (Å²) in [5, 5.41) is 20.6. The molecule has 10 heteroatoms. The molecule has 1 heterocycles. The number of aromatic amines is 1. The maximum Gasteiger partial charge on any atom is 0.273 e. The van der Waals surface area contributed by atoms with Crippen LogP contribution in [0.15, 0.2) is 34.2 Å². The minimum atomic E-state index is -1.28. The molecule has 0 atom stereocenters. The average Bonchev–Trinajstić information content (AvgIpc) is 2.59. The second-order valence-corrected chi connectivity index (χ2v) is 6.22. The minimum Gasteiger partial charge on any atom is -0.550 e. The van der Waals surface area contributed by atoms with E-state index in [1.54, 1.807) is 24.3 Å². The molecule has 0 saturated heterocycles. The highest BCUT2D eigenvalue weighted by atomic mass is 32.2. The first-order valence-electron chi connectivity index (χ1n) is 7.54. The SMILES string of the molecule is CC(=O)c1cccc(NC(=O)CSc2nnc(CCC(=O)[O-])c(=O)[nH]2)c1. The number of aromatic nitrogens is 3. The van der Waals surface area contributed by atoms with Gasteiger partial charge in [0, 0.05) is 23.6 Å². The second-order valence-electron chi connectivity index (χ2n) is 5.25. The Morgan fingerprint density at radius 3 is 2.69 bits per heavy atom. The van der Waals surface area contributed by atoms with Crippen LogP contribution in [0.5, 0.6) is 0 Å². The van der Waals surface area contributed by atoms with Crippen molar-refractivity contribution < 1.29 is 19.5 Å². The fraction of sp³-hybridized carbons (Fsp3) is 0.250. The largest absolute Gasteiger partial charge is 0.550 e. The number of aryl methyl sites for hydroxylation is 1. The molecule has 2 N–H and O–H groups in total. The summed E-state index contributed by atoms with van der Waals surface area (Å²) in [6.07, 6.45) is -0.408. The number of anilines is 1. The molecule has 0 radical (unpaired) electrons. The van der Waals surface area contributed by atoms with E-state index in [1.807, 2.05) is 0 Å². The fourth-order valence-corrected chi connectivity index (χ4v) is 2.54. The van der Waals surface area contributed by atoms with Gasteiger partial charge in [0.1, 0.15) is 5.69 Å². The second kappa shape index (κ2) is 8.90. The molecule has 0 aliphatic heterocycles. The maximum atomic E-state index is 12.0. The normalized spacial score (nSPS) is 10.3. The number of ketones is 1. The number of carbonyl (C=O) groups excluding carboxylic acids is 3. The number of carboxylic acids is 1. The van der Waals surface area contributed by atoms with Gasteiger partial charge in [-0.25, -0.2) is 0 Å². The van der Waals surface area contributed by atoms with Gasteiger partial charge in [0.05, 0.1) is 5.75 Å². The number of amides is 1. The zero-order valence-corrected chi connectivity index (χ0v) is 14.6. The number of hydrogen-bond donors (Lipinski definition) is 2. The van der Waals surface area contributed by atoms with Gasteiger partial charge in [-0.1, -0.05) is 23.9 Å². The molecule has 2 rings (SSSR count). The maximum absolute atomic E-state index is 12.0. The van der Waals surface area contributed by atoms with Crippen molar-refractivity contribution in [1.29, 1.82) is 0 Å². The Morgan fingerprint density at radius 1 is 1.27 bits per heavy atom. The third-order valence-corrected chi connectivity index (χ3v) is 4.07. The van der Waals surface area contributed by atoms with Gasteiger partial charge in [-0.2, -0.15) is 0 Å². The lowest BCUT2D eigenvalue weighted by molar-refractivity contribution is -0.305. The Hall–Kier alpha value is -3.01. The van der Waals surface area contributed by atoms with Crippen LogP contribution in [-0.2, 0) is 16.0 Å². The van der Waals surface area contributed by atoms with E-state index >= 15 is 0 Å². The Labute approximate surface area is 152 Å². The highest BCUT2D eigenvalue weighted by molar-refractivity contribution is 7.99. The molecule has 1 aromatic heterocycles. The van der Waals surface area contributed by atoms with Gasteiger partial charge in [0.15, 0.2) is 10.9 Å². The molecule has 0 spiro atoms. The highest BCUT2D eigenvalue weighted by Crippen LogP contribution is 2.14. The van der Waals surface area contributed by atoms with Crippen LogP contribution in [0.25, 0.3) is 0 Å². The molecular formula is C16H15N4O5S-. The van der Waals surface area contributed by atoms with Crippen LogP contribution in [0.1, 0.15) is 29.4 Å². The van der Waals surface area contributed by atoms with Crippen molar-refractivity contribution in [1.82, 2.24) is 15.2 Å². The van der Waals surface area contributed by atoms with Crippen LogP contribution in [-0.4, -0.2) is 38.6 Å². The van der Waals surface area contributed by atoms with E-state index in [1.165, 1.54) is 6.92 Å². The zero-order valence-electron chi connectivity index (χ0n) is 13.8. The van der Waals surface area contributed by atoms with Crippen LogP contribution in [0.2, 0.25) is 0 Å². The molecule has 0 fully saturated rings. The van der Waals surface area contributed by atoms with Crippen molar-refractivity contribution >= 4 is 35.1 Å². The van der Waals surface area contributed by atoms with E-state index in [9.17, 15) is 24.3 Å². The number of carboxylic acid groups (broad SMARTS) is 1. The van der Waals surface area contributed by atoms with Crippen molar-refractivity contribution in [3.05, 3.63) is 45.9 Å². The van der Waals surface area contributed by atoms with Gasteiger partial charge in [-0.3, -0.25) is 19.4 Å². The summed E-state index contributed by atoms with van der Waals surface area (Å²) in [6.45, 7) is 1.43. The summed E-state index contributed by atoms with van der Waals surface area (Å²) in [4.78, 5) is 47.9. The first-order chi connectivity index (χ1) is 12.3. The minimum absolute atomic E-state index is 0.0101. The third kappa shape index (κ3) is 5.81. The lowest BCUT2D eigenvalue weighted by Crippen LogP contribution is -2.25. The van der Waals surface area contributed by atoms with E-state index in [4.69, 9.17) is 0 Å². The molecule has 0 aliphatic carbocycles. The Bertz CT molecular complexity index is 896. The number of Topliss-reactive ketones (excluding diaryl/α,β-unsaturated/α-hetero) is 1. The standard InChI is InChI=1S/C16H16N4O5S/c1-9(21)10-3-2-4-11(7-10)17-13(22)8-26-16-18-15(25)12(19-20-16)5-6-14(23)24/h2-4,7H,5-6,8H2,1H3,(H,17,22)(H,23,24)(H,18,20,25)/p-1. The quantitative estimate of drug-likeness (QED) is 0.476. The molecule has 136 valence electrons. The number of hydrogen-bond acceptors (Lipinski definition) is 8. The molecule has 2 aromatic rings. The monoisotopic (exact) mass is 375 g/mol. The number of rotatable bonds is 8. The molecule has 0 aliphatic rings. The molecule has 1 amide bonds. The summed E-state index contributed by atoms with van der Waals surface area (Å²) in [5.41, 5.74) is 0.403. The van der Waals surface area contributed by atoms with Gasteiger partial charge in [-0.05, 0) is 25.5 Å². The van der Waals surface area contributed by atoms with E-state index in [0.29, 0.717) is 11.3 Å². The lowest BCUT2D eigenvalue weighted by atomic mass is 10.1. The van der Waals surface area contributed by atoms with E-state index in [2.05, 4.69) is 20.5 Å². The van der Waals surface area contributed by atoms with E-state index in [-0.39, 0.29) is 41.1 Å². The van der Waals surface area contributed by atoms with Crippen LogP contribution in [0.4, 0.5) is 5.69 Å². The average molecular weight is 375 g/mol. The van der Waals surface area contributed by atoms with Crippen LogP contribution < -0.4 is 16.0 Å². The van der Waals surface area contributed by atoms with Crippen molar-refractivity contribution in [2.24, 2.45) is 0 Å². The van der Waals surface area contributed by atoms with Crippen molar-refractivity contribution in [3.63, 3.8) is 0 Å². The molecule has 9 nitrogen and oxygen atoms in total. The fourth-order valence-electron chi connectivity index (χ4n) is 1.94. The third-order valence-electron chi connectivity index (χ3n) is 3.20. The Balaban J connectivity index is 1.92. The summed E-state index contributed by atoms with van der Waals surface area (Å²) >= 11 is 0.969. The molecule has 0 bridgehead atoms. The molecule has 26 heavy (non-hydrogen) atoms. The predicted molar refractivity (Wildman–Crippen MR) is 91.8 cm³/mol. The van der Waals surface area contributed by atoms with Crippen LogP contribution >= 0.6 is 11.8 Å². The van der Waals surface area contributed by atoms with Crippen molar-refractivity contribution in [2.45, 2.75) is 24.9 Å². The first kappa shape index (κ1) is 19.3. The van der Waals surface area contributed by atoms with Crippen LogP contribution in [0, 0.1) is 0 Å². The number of nitrogens with one attached hydrogen (secondary N) is 2. The number of nitrogens with zero attached hydrogens (tertiary/aromatic N) is 2.